The van der Waals surface area contributed by atoms with Crippen LogP contribution in [-0.2, 0) is 5.41 Å². The van der Waals surface area contributed by atoms with Crippen molar-refractivity contribution in [1.82, 2.24) is 4.57 Å². The van der Waals surface area contributed by atoms with Gasteiger partial charge in [-0.15, -0.1) is 0 Å². The average molecular weight is 465 g/mol. The second-order valence-electron chi connectivity index (χ2n) is 10.3. The molecule has 0 aliphatic heterocycles. The Morgan fingerprint density at radius 3 is 1.86 bits per heavy atom. The van der Waals surface area contributed by atoms with Gasteiger partial charge in [0.1, 0.15) is 0 Å². The van der Waals surface area contributed by atoms with Crippen LogP contribution in [0.5, 0.6) is 0 Å². The first kappa shape index (κ1) is 21.0. The predicted octanol–water partition coefficient (Wildman–Crippen LogP) is 8.86. The van der Waals surface area contributed by atoms with E-state index in [-0.39, 0.29) is 5.41 Å². The first-order valence-electron chi connectivity index (χ1n) is 12.6. The maximum absolute atomic E-state index is 2.37. The van der Waals surface area contributed by atoms with Crippen LogP contribution in [0.25, 0.3) is 38.6 Å². The molecule has 174 valence electrons. The van der Waals surface area contributed by atoms with Gasteiger partial charge in [0, 0.05) is 45.9 Å². The summed E-state index contributed by atoms with van der Waals surface area (Å²) in [7, 11) is 2.18. The Bertz CT molecular complexity index is 1720. The fourth-order valence-electron chi connectivity index (χ4n) is 6.18. The molecule has 0 amide bonds. The van der Waals surface area contributed by atoms with Crippen molar-refractivity contribution in [3.05, 3.63) is 126 Å². The van der Waals surface area contributed by atoms with E-state index in [0.29, 0.717) is 0 Å². The van der Waals surface area contributed by atoms with E-state index in [1.54, 1.807) is 0 Å². The van der Waals surface area contributed by atoms with Crippen molar-refractivity contribution in [3.8, 4) is 16.8 Å². The zero-order valence-electron chi connectivity index (χ0n) is 20.9. The lowest BCUT2D eigenvalue weighted by atomic mass is 9.82. The van der Waals surface area contributed by atoms with E-state index in [0.717, 1.165) is 0 Å². The van der Waals surface area contributed by atoms with Gasteiger partial charge in [0.2, 0.25) is 0 Å². The minimum Gasteiger partial charge on any atom is -0.344 e. The minimum absolute atomic E-state index is 0.00314. The van der Waals surface area contributed by atoms with Crippen molar-refractivity contribution < 1.29 is 0 Å². The molecule has 0 radical (unpaired) electrons. The molecule has 0 atom stereocenters. The highest BCUT2D eigenvalue weighted by Crippen LogP contribution is 2.52. The molecular weight excluding hydrogens is 436 g/mol. The molecule has 7 rings (SSSR count). The SMILES string of the molecule is CN(c1ccc(-n2c3ccccc3c3ccccc32)cc1)c1cccc2c1-c1ccccc1C2(C)C. The molecule has 0 N–H and O–H groups in total. The summed E-state index contributed by atoms with van der Waals surface area (Å²) in [4.78, 5) is 2.33. The largest absolute Gasteiger partial charge is 0.344 e. The number of fused-ring (bicyclic) bond motifs is 6. The zero-order valence-corrected chi connectivity index (χ0v) is 20.9. The van der Waals surface area contributed by atoms with Gasteiger partial charge >= 0.3 is 0 Å². The Labute approximate surface area is 212 Å². The van der Waals surface area contributed by atoms with Crippen LogP contribution < -0.4 is 4.90 Å². The summed E-state index contributed by atoms with van der Waals surface area (Å²) >= 11 is 0. The summed E-state index contributed by atoms with van der Waals surface area (Å²) in [6, 6.07) is 41.9. The quantitative estimate of drug-likeness (QED) is 0.254. The molecule has 0 saturated carbocycles. The Hall–Kier alpha value is -4.30. The lowest BCUT2D eigenvalue weighted by Gasteiger charge is -2.25. The molecule has 5 aromatic carbocycles. The van der Waals surface area contributed by atoms with Crippen molar-refractivity contribution in [2.75, 3.05) is 11.9 Å². The number of para-hydroxylation sites is 2. The molecule has 0 bridgehead atoms. The van der Waals surface area contributed by atoms with Gasteiger partial charge in [0.25, 0.3) is 0 Å². The first-order chi connectivity index (χ1) is 17.6. The van der Waals surface area contributed by atoms with Gasteiger partial charge in [-0.05, 0) is 59.2 Å². The maximum atomic E-state index is 2.37. The van der Waals surface area contributed by atoms with Crippen LogP contribution in [0.4, 0.5) is 11.4 Å². The van der Waals surface area contributed by atoms with Crippen LogP contribution in [-0.4, -0.2) is 11.6 Å². The first-order valence-corrected chi connectivity index (χ1v) is 12.6. The lowest BCUT2D eigenvalue weighted by Crippen LogP contribution is -2.15. The van der Waals surface area contributed by atoms with Gasteiger partial charge in [0.05, 0.1) is 11.0 Å². The van der Waals surface area contributed by atoms with E-state index < -0.39 is 0 Å². The fourth-order valence-corrected chi connectivity index (χ4v) is 6.18. The fraction of sp³-hybridized carbons (Fsp3) is 0.118. The van der Waals surface area contributed by atoms with E-state index in [2.05, 4.69) is 146 Å². The predicted molar refractivity (Wildman–Crippen MR) is 153 cm³/mol. The normalized spacial score (nSPS) is 13.6. The third-order valence-electron chi connectivity index (χ3n) is 8.02. The van der Waals surface area contributed by atoms with Gasteiger partial charge in [0.15, 0.2) is 0 Å². The summed E-state index contributed by atoms with van der Waals surface area (Å²) in [5.41, 5.74) is 11.6. The van der Waals surface area contributed by atoms with Crippen LogP contribution in [0.1, 0.15) is 25.0 Å². The van der Waals surface area contributed by atoms with Crippen LogP contribution in [0.15, 0.2) is 115 Å². The number of nitrogens with zero attached hydrogens (tertiary/aromatic N) is 2. The third kappa shape index (κ3) is 2.85. The highest BCUT2D eigenvalue weighted by molar-refractivity contribution is 6.09. The number of anilines is 2. The number of hydrogen-bond acceptors (Lipinski definition) is 1. The molecule has 1 aliphatic rings. The Kier molecular flexibility index (Phi) is 4.44. The van der Waals surface area contributed by atoms with Gasteiger partial charge in [-0.25, -0.2) is 0 Å². The molecule has 0 spiro atoms. The topological polar surface area (TPSA) is 8.17 Å². The second-order valence-corrected chi connectivity index (χ2v) is 10.3. The highest BCUT2D eigenvalue weighted by atomic mass is 15.1. The van der Waals surface area contributed by atoms with Crippen molar-refractivity contribution in [2.24, 2.45) is 0 Å². The standard InChI is InChI=1S/C34H28N2/c1-34(2)28-14-7-4-13-27(28)33-29(34)15-10-18-32(33)35(3)23-19-21-24(22-20-23)36-30-16-8-5-11-25(30)26-12-6-9-17-31(26)36/h4-22H,1-3H3. The van der Waals surface area contributed by atoms with E-state index in [9.17, 15) is 0 Å². The highest BCUT2D eigenvalue weighted by Gasteiger charge is 2.37. The lowest BCUT2D eigenvalue weighted by molar-refractivity contribution is 0.660. The Morgan fingerprint density at radius 2 is 1.17 bits per heavy atom. The smallest absolute Gasteiger partial charge is 0.0541 e. The summed E-state index contributed by atoms with van der Waals surface area (Å²) in [6.07, 6.45) is 0. The van der Waals surface area contributed by atoms with Crippen LogP contribution in [0.2, 0.25) is 0 Å². The average Bonchev–Trinajstić information content (AvgIpc) is 3.38. The summed E-state index contributed by atoms with van der Waals surface area (Å²) in [6.45, 7) is 4.67. The minimum atomic E-state index is 0.00314. The van der Waals surface area contributed by atoms with Gasteiger partial charge in [-0.3, -0.25) is 0 Å². The molecule has 0 unspecified atom stereocenters. The molecular formula is C34H28N2. The van der Waals surface area contributed by atoms with Crippen molar-refractivity contribution in [3.63, 3.8) is 0 Å². The molecule has 0 fully saturated rings. The van der Waals surface area contributed by atoms with Crippen molar-refractivity contribution in [1.29, 1.82) is 0 Å². The maximum Gasteiger partial charge on any atom is 0.0541 e. The Morgan fingerprint density at radius 1 is 0.583 bits per heavy atom. The molecule has 1 aliphatic carbocycles. The number of rotatable bonds is 3. The zero-order chi connectivity index (χ0) is 24.4. The summed E-state index contributed by atoms with van der Waals surface area (Å²) in [5.74, 6) is 0. The van der Waals surface area contributed by atoms with Gasteiger partial charge in [-0.2, -0.15) is 0 Å². The Balaban J connectivity index is 1.34. The molecule has 2 nitrogen and oxygen atoms in total. The number of benzene rings is 5. The molecule has 36 heavy (non-hydrogen) atoms. The van der Waals surface area contributed by atoms with Crippen molar-refractivity contribution >= 4 is 33.2 Å². The molecule has 6 aromatic rings. The molecule has 0 saturated heterocycles. The van der Waals surface area contributed by atoms with Crippen molar-refractivity contribution in [2.45, 2.75) is 19.3 Å². The van der Waals surface area contributed by atoms with Gasteiger partial charge < -0.3 is 9.47 Å². The van der Waals surface area contributed by atoms with E-state index >= 15 is 0 Å². The summed E-state index contributed by atoms with van der Waals surface area (Å²) < 4.78 is 2.37. The van der Waals surface area contributed by atoms with E-state index in [4.69, 9.17) is 0 Å². The van der Waals surface area contributed by atoms with Crippen LogP contribution in [0, 0.1) is 0 Å². The molecule has 1 heterocycles. The van der Waals surface area contributed by atoms with Crippen LogP contribution in [0.3, 0.4) is 0 Å². The third-order valence-corrected chi connectivity index (χ3v) is 8.02. The number of hydrogen-bond donors (Lipinski definition) is 0. The van der Waals surface area contributed by atoms with Gasteiger partial charge in [-0.1, -0.05) is 86.6 Å². The molecule has 1 aromatic heterocycles. The number of aromatic nitrogens is 1. The van der Waals surface area contributed by atoms with Crippen LogP contribution >= 0.6 is 0 Å². The molecule has 2 heteroatoms. The monoisotopic (exact) mass is 464 g/mol. The summed E-state index contributed by atoms with van der Waals surface area (Å²) in [5, 5.41) is 2.57. The van der Waals surface area contributed by atoms with E-state index in [1.165, 1.54) is 61.1 Å². The second kappa shape index (κ2) is 7.60. The van der Waals surface area contributed by atoms with E-state index in [1.807, 2.05) is 0 Å².